The van der Waals surface area contributed by atoms with Crippen molar-refractivity contribution >= 4 is 12.1 Å². The maximum atomic E-state index is 12.3. The summed E-state index contributed by atoms with van der Waals surface area (Å²) in [6.45, 7) is 12.1. The lowest BCUT2D eigenvalue weighted by Crippen LogP contribution is -2.57. The SMILES string of the molecule is CC(OCCCNC1=NCC2CN(C(=O)OC(C)(C)C)CCN12)c1ccccc1. The molecule has 1 fully saturated rings. The zero-order valence-electron chi connectivity index (χ0n) is 18.1. The average molecular weight is 403 g/mol. The Labute approximate surface area is 174 Å². The lowest BCUT2D eigenvalue weighted by molar-refractivity contribution is 0.0137. The molecule has 0 spiro atoms. The second-order valence-electron chi connectivity index (χ2n) is 8.64. The molecule has 29 heavy (non-hydrogen) atoms. The molecule has 2 heterocycles. The third-order valence-corrected chi connectivity index (χ3v) is 5.10. The van der Waals surface area contributed by atoms with Crippen molar-refractivity contribution in [1.82, 2.24) is 15.1 Å². The fraction of sp³-hybridized carbons (Fsp3) is 0.636. The summed E-state index contributed by atoms with van der Waals surface area (Å²) in [7, 11) is 0. The van der Waals surface area contributed by atoms with Crippen LogP contribution < -0.4 is 5.32 Å². The minimum atomic E-state index is -0.465. The standard InChI is InChI=1S/C22H34N4O3/c1-17(18-9-6-5-7-10-18)28-14-8-11-23-20-24-15-19-16-25(12-13-26(19)20)21(27)29-22(2,3)4/h5-7,9-10,17,19H,8,11-16H2,1-4H3,(H,23,24). The van der Waals surface area contributed by atoms with Crippen LogP contribution in [0, 0.1) is 0 Å². The average Bonchev–Trinajstić information content (AvgIpc) is 3.09. The quantitative estimate of drug-likeness (QED) is 0.741. The van der Waals surface area contributed by atoms with E-state index in [1.165, 1.54) is 5.56 Å². The lowest BCUT2D eigenvalue weighted by Gasteiger charge is -2.39. The summed E-state index contributed by atoms with van der Waals surface area (Å²) in [5, 5.41) is 3.44. The number of ether oxygens (including phenoxy) is 2. The number of hydrogen-bond acceptors (Lipinski definition) is 6. The molecule has 7 nitrogen and oxygen atoms in total. The van der Waals surface area contributed by atoms with Crippen LogP contribution in [0.2, 0.25) is 0 Å². The Balaban J connectivity index is 1.35. The maximum absolute atomic E-state index is 12.3. The molecule has 0 aromatic heterocycles. The van der Waals surface area contributed by atoms with Crippen LogP contribution in [0.3, 0.4) is 0 Å². The molecule has 7 heteroatoms. The Morgan fingerprint density at radius 1 is 1.28 bits per heavy atom. The molecule has 2 unspecified atom stereocenters. The van der Waals surface area contributed by atoms with Crippen molar-refractivity contribution < 1.29 is 14.3 Å². The third-order valence-electron chi connectivity index (χ3n) is 5.10. The molecular weight excluding hydrogens is 368 g/mol. The van der Waals surface area contributed by atoms with Crippen LogP contribution in [0.1, 0.15) is 45.8 Å². The summed E-state index contributed by atoms with van der Waals surface area (Å²) in [6, 6.07) is 10.5. The molecule has 1 N–H and O–H groups in total. The molecule has 0 saturated carbocycles. The molecular formula is C22H34N4O3. The Bertz CT molecular complexity index is 702. The van der Waals surface area contributed by atoms with E-state index in [0.29, 0.717) is 26.2 Å². The number of nitrogens with one attached hydrogen (secondary N) is 1. The van der Waals surface area contributed by atoms with Crippen molar-refractivity contribution in [2.24, 2.45) is 4.99 Å². The summed E-state index contributed by atoms with van der Waals surface area (Å²) in [5.41, 5.74) is 0.735. The first kappa shape index (κ1) is 21.4. The third kappa shape index (κ3) is 6.10. The molecule has 1 amide bonds. The van der Waals surface area contributed by atoms with Crippen LogP contribution in [-0.2, 0) is 9.47 Å². The highest BCUT2D eigenvalue weighted by molar-refractivity contribution is 5.82. The lowest BCUT2D eigenvalue weighted by atomic mass is 10.1. The van der Waals surface area contributed by atoms with Gasteiger partial charge in [0.15, 0.2) is 5.96 Å². The number of guanidine groups is 1. The molecule has 0 aliphatic carbocycles. The number of carbonyl (C=O) groups is 1. The van der Waals surface area contributed by atoms with Gasteiger partial charge in [0.05, 0.1) is 18.7 Å². The van der Waals surface area contributed by atoms with Gasteiger partial charge in [-0.05, 0) is 39.7 Å². The molecule has 1 aromatic rings. The summed E-state index contributed by atoms with van der Waals surface area (Å²) < 4.78 is 11.4. The van der Waals surface area contributed by atoms with Crippen LogP contribution in [0.15, 0.2) is 35.3 Å². The van der Waals surface area contributed by atoms with Crippen LogP contribution >= 0.6 is 0 Å². The predicted molar refractivity (Wildman–Crippen MR) is 114 cm³/mol. The van der Waals surface area contributed by atoms with E-state index in [1.807, 2.05) is 39.0 Å². The van der Waals surface area contributed by atoms with Gasteiger partial charge in [0.25, 0.3) is 0 Å². The molecule has 160 valence electrons. The van der Waals surface area contributed by atoms with Gasteiger partial charge in [-0.25, -0.2) is 4.79 Å². The fourth-order valence-corrected chi connectivity index (χ4v) is 3.58. The highest BCUT2D eigenvalue weighted by atomic mass is 16.6. The Hall–Kier alpha value is -2.28. The molecule has 3 rings (SSSR count). The summed E-state index contributed by atoms with van der Waals surface area (Å²) in [5.74, 6) is 0.940. The van der Waals surface area contributed by atoms with Crippen LogP contribution in [0.5, 0.6) is 0 Å². The van der Waals surface area contributed by atoms with Crippen molar-refractivity contribution in [2.75, 3.05) is 39.3 Å². The van der Waals surface area contributed by atoms with Gasteiger partial charge in [0, 0.05) is 32.8 Å². The van der Waals surface area contributed by atoms with Crippen LogP contribution in [-0.4, -0.2) is 72.8 Å². The van der Waals surface area contributed by atoms with E-state index >= 15 is 0 Å². The smallest absolute Gasteiger partial charge is 0.410 e. The second-order valence-corrected chi connectivity index (χ2v) is 8.64. The maximum Gasteiger partial charge on any atom is 0.410 e. The molecule has 2 atom stereocenters. The first-order chi connectivity index (χ1) is 13.8. The second kappa shape index (κ2) is 9.48. The fourth-order valence-electron chi connectivity index (χ4n) is 3.58. The van der Waals surface area contributed by atoms with E-state index in [9.17, 15) is 4.79 Å². The number of benzene rings is 1. The Kier molecular flexibility index (Phi) is 7.00. The van der Waals surface area contributed by atoms with Gasteiger partial charge in [0.1, 0.15) is 5.60 Å². The highest BCUT2D eigenvalue weighted by Gasteiger charge is 2.36. The number of rotatable bonds is 6. The molecule has 1 saturated heterocycles. The van der Waals surface area contributed by atoms with E-state index in [2.05, 4.69) is 34.3 Å². The van der Waals surface area contributed by atoms with E-state index in [0.717, 1.165) is 25.5 Å². The van der Waals surface area contributed by atoms with Crippen molar-refractivity contribution in [3.63, 3.8) is 0 Å². The van der Waals surface area contributed by atoms with Gasteiger partial charge in [-0.2, -0.15) is 0 Å². The van der Waals surface area contributed by atoms with Crippen molar-refractivity contribution in [3.8, 4) is 0 Å². The van der Waals surface area contributed by atoms with Gasteiger partial charge < -0.3 is 24.6 Å². The number of amides is 1. The highest BCUT2D eigenvalue weighted by Crippen LogP contribution is 2.19. The largest absolute Gasteiger partial charge is 0.444 e. The predicted octanol–water partition coefficient (Wildman–Crippen LogP) is 3.03. The normalized spacial score (nSPS) is 20.1. The zero-order valence-corrected chi connectivity index (χ0v) is 18.1. The minimum Gasteiger partial charge on any atom is -0.444 e. The summed E-state index contributed by atoms with van der Waals surface area (Å²) >= 11 is 0. The van der Waals surface area contributed by atoms with E-state index in [-0.39, 0.29) is 18.2 Å². The number of hydrogen-bond donors (Lipinski definition) is 1. The molecule has 1 aromatic carbocycles. The van der Waals surface area contributed by atoms with Gasteiger partial charge in [-0.1, -0.05) is 30.3 Å². The monoisotopic (exact) mass is 402 g/mol. The van der Waals surface area contributed by atoms with Crippen LogP contribution in [0.4, 0.5) is 4.79 Å². The molecule has 0 bridgehead atoms. The van der Waals surface area contributed by atoms with Gasteiger partial charge in [-0.3, -0.25) is 4.99 Å². The number of piperazine rings is 1. The van der Waals surface area contributed by atoms with E-state index in [4.69, 9.17) is 9.47 Å². The van der Waals surface area contributed by atoms with Crippen LogP contribution in [0.25, 0.3) is 0 Å². The summed E-state index contributed by atoms with van der Waals surface area (Å²) in [4.78, 5) is 21.0. The van der Waals surface area contributed by atoms with Gasteiger partial charge in [0.2, 0.25) is 0 Å². The number of aliphatic imine (C=N–C) groups is 1. The molecule has 2 aliphatic rings. The van der Waals surface area contributed by atoms with Crippen molar-refractivity contribution in [3.05, 3.63) is 35.9 Å². The Morgan fingerprint density at radius 2 is 2.03 bits per heavy atom. The first-order valence-corrected chi connectivity index (χ1v) is 10.5. The summed E-state index contributed by atoms with van der Waals surface area (Å²) in [6.07, 6.45) is 0.784. The van der Waals surface area contributed by atoms with E-state index < -0.39 is 5.60 Å². The first-order valence-electron chi connectivity index (χ1n) is 10.5. The number of fused-ring (bicyclic) bond motifs is 1. The van der Waals surface area contributed by atoms with E-state index in [1.54, 1.807) is 4.90 Å². The van der Waals surface area contributed by atoms with Gasteiger partial charge in [-0.15, -0.1) is 0 Å². The zero-order chi connectivity index (χ0) is 20.9. The number of nitrogens with zero attached hydrogens (tertiary/aromatic N) is 3. The number of carbonyl (C=O) groups excluding carboxylic acids is 1. The molecule has 2 aliphatic heterocycles. The molecule has 0 radical (unpaired) electrons. The Morgan fingerprint density at radius 3 is 2.76 bits per heavy atom. The van der Waals surface area contributed by atoms with Crippen molar-refractivity contribution in [1.29, 1.82) is 0 Å². The topological polar surface area (TPSA) is 66.4 Å². The van der Waals surface area contributed by atoms with Crippen molar-refractivity contribution in [2.45, 2.75) is 51.9 Å². The minimum absolute atomic E-state index is 0.102. The van der Waals surface area contributed by atoms with Gasteiger partial charge >= 0.3 is 6.09 Å².